The summed E-state index contributed by atoms with van der Waals surface area (Å²) in [4.78, 5) is 11.9. The Bertz CT molecular complexity index is 459. The molecule has 1 N–H and O–H groups in total. The van der Waals surface area contributed by atoms with Gasteiger partial charge in [0.1, 0.15) is 5.82 Å². The summed E-state index contributed by atoms with van der Waals surface area (Å²) >= 11 is 5.75. The van der Waals surface area contributed by atoms with Gasteiger partial charge in [0.15, 0.2) is 0 Å². The van der Waals surface area contributed by atoms with E-state index in [1.807, 2.05) is 6.08 Å². The van der Waals surface area contributed by atoms with Gasteiger partial charge >= 0.3 is 0 Å². The predicted molar refractivity (Wildman–Crippen MR) is 65.7 cm³/mol. The van der Waals surface area contributed by atoms with Gasteiger partial charge in [-0.3, -0.25) is 4.79 Å². The molecule has 2 nitrogen and oxygen atoms in total. The maximum atomic E-state index is 13.4. The van der Waals surface area contributed by atoms with Crippen LogP contribution < -0.4 is 5.32 Å². The highest BCUT2D eigenvalue weighted by molar-refractivity contribution is 6.31. The van der Waals surface area contributed by atoms with Crippen LogP contribution in [0.1, 0.15) is 29.6 Å². The number of benzene rings is 1. The molecule has 17 heavy (non-hydrogen) atoms. The average molecular weight is 254 g/mol. The van der Waals surface area contributed by atoms with E-state index in [0.717, 1.165) is 19.3 Å². The van der Waals surface area contributed by atoms with Gasteiger partial charge in [0.05, 0.1) is 5.56 Å². The van der Waals surface area contributed by atoms with Crippen LogP contribution in [0.25, 0.3) is 0 Å². The minimum Gasteiger partial charge on any atom is -0.349 e. The predicted octanol–water partition coefficient (Wildman–Crippen LogP) is 3.32. The van der Waals surface area contributed by atoms with Gasteiger partial charge in [0.25, 0.3) is 5.91 Å². The monoisotopic (exact) mass is 253 g/mol. The fraction of sp³-hybridized carbons (Fsp3) is 0.308. The van der Waals surface area contributed by atoms with Gasteiger partial charge in [0, 0.05) is 11.1 Å². The van der Waals surface area contributed by atoms with Crippen molar-refractivity contribution >= 4 is 17.5 Å². The Morgan fingerprint density at radius 2 is 2.24 bits per heavy atom. The quantitative estimate of drug-likeness (QED) is 0.805. The number of amides is 1. The Labute approximate surface area is 104 Å². The van der Waals surface area contributed by atoms with Crippen molar-refractivity contribution in [2.75, 3.05) is 0 Å². The third-order valence-corrected chi connectivity index (χ3v) is 3.01. The van der Waals surface area contributed by atoms with Gasteiger partial charge in [-0.15, -0.1) is 0 Å². The fourth-order valence-electron chi connectivity index (χ4n) is 1.86. The van der Waals surface area contributed by atoms with E-state index in [4.69, 9.17) is 11.6 Å². The Kier molecular flexibility index (Phi) is 3.79. The van der Waals surface area contributed by atoms with E-state index in [2.05, 4.69) is 11.4 Å². The smallest absolute Gasteiger partial charge is 0.254 e. The molecule has 4 heteroatoms. The highest BCUT2D eigenvalue weighted by atomic mass is 35.5. The van der Waals surface area contributed by atoms with E-state index in [0.29, 0.717) is 5.02 Å². The second-order valence-electron chi connectivity index (χ2n) is 4.08. The first-order chi connectivity index (χ1) is 8.16. The number of carbonyl (C=O) groups is 1. The Morgan fingerprint density at radius 1 is 1.41 bits per heavy atom. The Hall–Kier alpha value is -1.35. The number of nitrogens with one attached hydrogen (secondary N) is 1. The molecular weight excluding hydrogens is 241 g/mol. The molecule has 0 aliphatic heterocycles. The minimum absolute atomic E-state index is 0.00653. The van der Waals surface area contributed by atoms with Crippen molar-refractivity contribution in [3.8, 4) is 0 Å². The van der Waals surface area contributed by atoms with Gasteiger partial charge in [-0.25, -0.2) is 4.39 Å². The number of halogens is 2. The fourth-order valence-corrected chi connectivity index (χ4v) is 2.03. The van der Waals surface area contributed by atoms with E-state index >= 15 is 0 Å². The number of allylic oxidation sites excluding steroid dienone is 1. The van der Waals surface area contributed by atoms with Crippen LogP contribution in [-0.4, -0.2) is 11.9 Å². The number of rotatable bonds is 2. The van der Waals surface area contributed by atoms with Crippen LogP contribution in [0.4, 0.5) is 4.39 Å². The van der Waals surface area contributed by atoms with E-state index in [1.54, 1.807) is 0 Å². The molecule has 1 aliphatic carbocycles. The second-order valence-corrected chi connectivity index (χ2v) is 4.52. The standard InChI is InChI=1S/C13H13ClFNO/c14-9-6-7-12(15)11(8-9)13(17)16-10-4-2-1-3-5-10/h1-2,6-8,10H,3-5H2,(H,16,17). The number of carbonyl (C=O) groups excluding carboxylic acids is 1. The van der Waals surface area contributed by atoms with Crippen LogP contribution >= 0.6 is 11.6 Å². The highest BCUT2D eigenvalue weighted by Gasteiger charge is 2.17. The van der Waals surface area contributed by atoms with E-state index in [1.165, 1.54) is 18.2 Å². The Balaban J connectivity index is 2.08. The van der Waals surface area contributed by atoms with Crippen molar-refractivity contribution in [2.24, 2.45) is 0 Å². The molecular formula is C13H13ClFNO. The van der Waals surface area contributed by atoms with Crippen LogP contribution in [0, 0.1) is 5.82 Å². The zero-order chi connectivity index (χ0) is 12.3. The minimum atomic E-state index is -0.543. The van der Waals surface area contributed by atoms with Crippen LogP contribution in [0.5, 0.6) is 0 Å². The van der Waals surface area contributed by atoms with Crippen LogP contribution in [-0.2, 0) is 0 Å². The van der Waals surface area contributed by atoms with Crippen LogP contribution in [0.2, 0.25) is 5.02 Å². The zero-order valence-corrected chi connectivity index (χ0v) is 10.0. The molecule has 1 amide bonds. The summed E-state index contributed by atoms with van der Waals surface area (Å²) in [5, 5.41) is 3.18. The van der Waals surface area contributed by atoms with Gasteiger partial charge < -0.3 is 5.32 Å². The normalized spacial score (nSPS) is 19.1. The largest absolute Gasteiger partial charge is 0.349 e. The van der Waals surface area contributed by atoms with Crippen LogP contribution in [0.15, 0.2) is 30.4 Å². The number of hydrogen-bond acceptors (Lipinski definition) is 1. The van der Waals surface area contributed by atoms with Gasteiger partial charge in [-0.1, -0.05) is 23.8 Å². The Morgan fingerprint density at radius 3 is 2.94 bits per heavy atom. The van der Waals surface area contributed by atoms with Gasteiger partial charge in [-0.05, 0) is 37.5 Å². The third kappa shape index (κ3) is 3.07. The lowest BCUT2D eigenvalue weighted by Crippen LogP contribution is -2.35. The average Bonchev–Trinajstić information content (AvgIpc) is 2.33. The molecule has 1 aliphatic rings. The first-order valence-electron chi connectivity index (χ1n) is 5.58. The molecule has 1 aromatic carbocycles. The summed E-state index contributed by atoms with van der Waals surface area (Å²) in [7, 11) is 0. The summed E-state index contributed by atoms with van der Waals surface area (Å²) in [6.07, 6.45) is 6.76. The third-order valence-electron chi connectivity index (χ3n) is 2.78. The van der Waals surface area contributed by atoms with Gasteiger partial charge in [-0.2, -0.15) is 0 Å². The summed E-state index contributed by atoms with van der Waals surface area (Å²) in [6.45, 7) is 0. The van der Waals surface area contributed by atoms with E-state index in [9.17, 15) is 9.18 Å². The molecule has 0 spiro atoms. The molecule has 2 rings (SSSR count). The first kappa shape index (κ1) is 12.1. The molecule has 0 aromatic heterocycles. The summed E-state index contributed by atoms with van der Waals surface area (Å²) in [5.74, 6) is -0.941. The SMILES string of the molecule is O=C(NC1CC=CCC1)c1cc(Cl)ccc1F. The van der Waals surface area contributed by atoms with Crippen molar-refractivity contribution in [1.29, 1.82) is 0 Å². The van der Waals surface area contributed by atoms with Gasteiger partial charge in [0.2, 0.25) is 0 Å². The lowest BCUT2D eigenvalue weighted by Gasteiger charge is -2.19. The maximum absolute atomic E-state index is 13.4. The number of hydrogen-bond donors (Lipinski definition) is 1. The molecule has 1 atom stereocenters. The van der Waals surface area contributed by atoms with E-state index in [-0.39, 0.29) is 11.6 Å². The van der Waals surface area contributed by atoms with Crippen LogP contribution in [0.3, 0.4) is 0 Å². The summed E-state index contributed by atoms with van der Waals surface area (Å²) in [5.41, 5.74) is 0.00653. The molecule has 1 aromatic rings. The molecule has 90 valence electrons. The maximum Gasteiger partial charge on any atom is 0.254 e. The molecule has 0 saturated heterocycles. The summed E-state index contributed by atoms with van der Waals surface area (Å²) < 4.78 is 13.4. The van der Waals surface area contributed by atoms with Crippen molar-refractivity contribution in [3.63, 3.8) is 0 Å². The summed E-state index contributed by atoms with van der Waals surface area (Å²) in [6, 6.07) is 4.07. The molecule has 0 saturated carbocycles. The van der Waals surface area contributed by atoms with Crippen molar-refractivity contribution in [3.05, 3.63) is 46.8 Å². The molecule has 0 radical (unpaired) electrons. The molecule has 0 bridgehead atoms. The first-order valence-corrected chi connectivity index (χ1v) is 5.95. The van der Waals surface area contributed by atoms with E-state index < -0.39 is 11.7 Å². The molecule has 0 heterocycles. The molecule has 0 fully saturated rings. The van der Waals surface area contributed by atoms with Crippen molar-refractivity contribution in [1.82, 2.24) is 5.32 Å². The lowest BCUT2D eigenvalue weighted by atomic mass is 10.0. The highest BCUT2D eigenvalue weighted by Crippen LogP contribution is 2.16. The van der Waals surface area contributed by atoms with Crippen molar-refractivity contribution in [2.45, 2.75) is 25.3 Å². The topological polar surface area (TPSA) is 29.1 Å². The molecule has 1 unspecified atom stereocenters. The lowest BCUT2D eigenvalue weighted by molar-refractivity contribution is 0.0930. The van der Waals surface area contributed by atoms with Crippen molar-refractivity contribution < 1.29 is 9.18 Å². The second kappa shape index (κ2) is 5.32. The zero-order valence-electron chi connectivity index (χ0n) is 9.25.